The van der Waals surface area contributed by atoms with Crippen LogP contribution in [-0.4, -0.2) is 38.8 Å². The molecule has 1 aliphatic rings. The van der Waals surface area contributed by atoms with Gasteiger partial charge in [-0.05, 0) is 41.5 Å². The first kappa shape index (κ1) is 24.2. The predicted molar refractivity (Wildman–Crippen MR) is 126 cm³/mol. The Balaban J connectivity index is 1.76. The average Bonchev–Trinajstić information content (AvgIpc) is 2.76. The third-order valence-corrected chi connectivity index (χ3v) is 6.96. The molecule has 0 radical (unpaired) electrons. The third kappa shape index (κ3) is 4.70. The lowest BCUT2D eigenvalue weighted by Crippen LogP contribution is -2.07. The molecule has 13 heteroatoms. The number of ether oxygens (including phenoxy) is 1. The van der Waals surface area contributed by atoms with E-state index in [1.54, 1.807) is 0 Å². The van der Waals surface area contributed by atoms with Crippen molar-refractivity contribution in [2.45, 2.75) is 9.79 Å². The monoisotopic (exact) mass is 515 g/mol. The van der Waals surface area contributed by atoms with Gasteiger partial charge in [-0.1, -0.05) is 30.4 Å². The Bertz CT molecular complexity index is 1660. The minimum atomic E-state index is -4.79. The van der Waals surface area contributed by atoms with Gasteiger partial charge < -0.3 is 10.5 Å². The standard InChI is InChI=1S/C22H17N3O8S2/c1-33-17-9-8-16(20-21(17)25-24-20)22(26)14-5-4-12(18(10-14)34(27,28)29)2-3-13-6-7-15(23)11-19(13)35(30,31)32/h2-11H,23H2,1H3,(H,27,28,29)(H,30,31,32). The molecular weight excluding hydrogens is 498 g/mol. The maximum absolute atomic E-state index is 13.1. The minimum absolute atomic E-state index is 0.0195. The van der Waals surface area contributed by atoms with Gasteiger partial charge in [-0.15, -0.1) is 10.2 Å². The molecule has 0 saturated carbocycles. The molecule has 3 aromatic carbocycles. The van der Waals surface area contributed by atoms with E-state index in [-0.39, 0.29) is 27.9 Å². The number of methoxy groups -OCH3 is 1. The van der Waals surface area contributed by atoms with Gasteiger partial charge in [0.1, 0.15) is 21.2 Å². The number of azo groups is 1. The van der Waals surface area contributed by atoms with Crippen molar-refractivity contribution in [3.8, 4) is 5.75 Å². The summed E-state index contributed by atoms with van der Waals surface area (Å²) in [6.07, 6.45) is 2.44. The molecule has 0 atom stereocenters. The minimum Gasteiger partial charge on any atom is -0.494 e. The lowest BCUT2D eigenvalue weighted by Gasteiger charge is -2.15. The number of carbonyl (C=O) groups is 1. The summed E-state index contributed by atoms with van der Waals surface area (Å²) in [6.45, 7) is 0. The number of fused-ring (bicyclic) bond motifs is 1. The number of rotatable bonds is 7. The molecule has 11 nitrogen and oxygen atoms in total. The fourth-order valence-electron chi connectivity index (χ4n) is 3.45. The Morgan fingerprint density at radius 1 is 0.857 bits per heavy atom. The molecule has 3 aromatic rings. The Morgan fingerprint density at radius 2 is 1.43 bits per heavy atom. The van der Waals surface area contributed by atoms with E-state index in [2.05, 4.69) is 10.2 Å². The normalized spacial score (nSPS) is 12.9. The van der Waals surface area contributed by atoms with Gasteiger partial charge in [-0.3, -0.25) is 13.9 Å². The van der Waals surface area contributed by atoms with Crippen LogP contribution in [0.4, 0.5) is 17.1 Å². The number of anilines is 1. The van der Waals surface area contributed by atoms with E-state index in [1.165, 1.54) is 55.7 Å². The van der Waals surface area contributed by atoms with Crippen LogP contribution < -0.4 is 10.5 Å². The first-order valence-electron chi connectivity index (χ1n) is 9.74. The van der Waals surface area contributed by atoms with Crippen LogP contribution in [0, 0.1) is 0 Å². The summed E-state index contributed by atoms with van der Waals surface area (Å²) in [6, 6.07) is 10.4. The zero-order valence-electron chi connectivity index (χ0n) is 17.9. The van der Waals surface area contributed by atoms with E-state index in [0.717, 1.165) is 12.1 Å². The van der Waals surface area contributed by atoms with E-state index < -0.39 is 35.8 Å². The highest BCUT2D eigenvalue weighted by Gasteiger charge is 2.26. The molecular formula is C22H17N3O8S2. The Morgan fingerprint density at radius 3 is 1.97 bits per heavy atom. The van der Waals surface area contributed by atoms with Gasteiger partial charge in [0.2, 0.25) is 0 Å². The number of hydrogen-bond donors (Lipinski definition) is 3. The van der Waals surface area contributed by atoms with Gasteiger partial charge in [0, 0.05) is 11.3 Å². The summed E-state index contributed by atoms with van der Waals surface area (Å²) >= 11 is 0. The molecule has 0 saturated heterocycles. The van der Waals surface area contributed by atoms with E-state index in [9.17, 15) is 30.7 Å². The Labute approximate surface area is 200 Å². The summed E-state index contributed by atoms with van der Waals surface area (Å²) in [5.74, 6) is -0.132. The second-order valence-electron chi connectivity index (χ2n) is 7.38. The number of nitrogen functional groups attached to an aromatic ring is 1. The van der Waals surface area contributed by atoms with Gasteiger partial charge in [0.25, 0.3) is 20.2 Å². The number of nitrogens with two attached hydrogens (primary N) is 1. The van der Waals surface area contributed by atoms with Crippen LogP contribution in [0.2, 0.25) is 0 Å². The molecule has 4 N–H and O–H groups in total. The van der Waals surface area contributed by atoms with Gasteiger partial charge in [0.05, 0.1) is 12.7 Å². The van der Waals surface area contributed by atoms with Crippen LogP contribution in [0.1, 0.15) is 27.0 Å². The van der Waals surface area contributed by atoms with Crippen molar-refractivity contribution in [2.24, 2.45) is 10.2 Å². The molecule has 4 rings (SSSR count). The average molecular weight is 516 g/mol. The second kappa shape index (κ2) is 8.70. The largest absolute Gasteiger partial charge is 0.494 e. The summed E-state index contributed by atoms with van der Waals surface area (Å²) < 4.78 is 71.8. The lowest BCUT2D eigenvalue weighted by atomic mass is 9.98. The molecule has 0 aromatic heterocycles. The third-order valence-electron chi connectivity index (χ3n) is 5.14. The smallest absolute Gasteiger partial charge is 0.295 e. The molecule has 0 fully saturated rings. The zero-order chi connectivity index (χ0) is 25.5. The Hall–Kier alpha value is -3.91. The summed E-state index contributed by atoms with van der Waals surface area (Å²) in [5.41, 5.74) is 6.47. The van der Waals surface area contributed by atoms with Crippen LogP contribution in [-0.2, 0) is 20.2 Å². The van der Waals surface area contributed by atoms with Crippen molar-refractivity contribution >= 4 is 55.2 Å². The SMILES string of the molecule is COc1ccc(C(=O)c2ccc(C=Cc3ccc(N)cc3S(=O)(=O)O)c(S(=O)(=O)O)c2)c2c1N=N2. The van der Waals surface area contributed by atoms with Crippen molar-refractivity contribution in [3.05, 3.63) is 70.8 Å². The summed E-state index contributed by atoms with van der Waals surface area (Å²) in [5, 5.41) is 7.67. The number of ketones is 1. The number of hydrogen-bond acceptors (Lipinski definition) is 9. The van der Waals surface area contributed by atoms with Crippen molar-refractivity contribution in [3.63, 3.8) is 0 Å². The molecule has 1 aliphatic heterocycles. The van der Waals surface area contributed by atoms with Crippen molar-refractivity contribution in [1.29, 1.82) is 0 Å². The second-order valence-corrected chi connectivity index (χ2v) is 10.2. The maximum atomic E-state index is 13.1. The first-order chi connectivity index (χ1) is 16.4. The Kier molecular flexibility index (Phi) is 6.02. The highest BCUT2D eigenvalue weighted by Crippen LogP contribution is 2.48. The molecule has 0 unspecified atom stereocenters. The van der Waals surface area contributed by atoms with E-state index in [4.69, 9.17) is 10.5 Å². The number of benzene rings is 3. The molecule has 0 amide bonds. The van der Waals surface area contributed by atoms with Gasteiger partial charge >= 0.3 is 0 Å². The van der Waals surface area contributed by atoms with Gasteiger partial charge in [0.15, 0.2) is 11.5 Å². The quantitative estimate of drug-likeness (QED) is 0.142. The van der Waals surface area contributed by atoms with Crippen LogP contribution in [0.25, 0.3) is 12.2 Å². The van der Waals surface area contributed by atoms with E-state index in [1.807, 2.05) is 0 Å². The summed E-state index contributed by atoms with van der Waals surface area (Å²) in [4.78, 5) is 12.0. The van der Waals surface area contributed by atoms with Crippen LogP contribution in [0.15, 0.2) is 68.6 Å². The molecule has 0 aliphatic carbocycles. The molecule has 0 bridgehead atoms. The first-order valence-corrected chi connectivity index (χ1v) is 12.6. The van der Waals surface area contributed by atoms with E-state index >= 15 is 0 Å². The molecule has 180 valence electrons. The zero-order valence-corrected chi connectivity index (χ0v) is 19.5. The topological polar surface area (TPSA) is 186 Å². The fourth-order valence-corrected chi connectivity index (χ4v) is 4.87. The predicted octanol–water partition coefficient (Wildman–Crippen LogP) is 3.90. The molecule has 0 spiro atoms. The number of carbonyl (C=O) groups excluding carboxylic acids is 1. The van der Waals surface area contributed by atoms with Crippen LogP contribution >= 0.6 is 0 Å². The van der Waals surface area contributed by atoms with E-state index in [0.29, 0.717) is 17.1 Å². The van der Waals surface area contributed by atoms with Crippen LogP contribution in [0.5, 0.6) is 5.75 Å². The van der Waals surface area contributed by atoms with Crippen molar-refractivity contribution in [2.75, 3.05) is 12.8 Å². The van der Waals surface area contributed by atoms with Crippen molar-refractivity contribution in [1.82, 2.24) is 0 Å². The van der Waals surface area contributed by atoms with Crippen LogP contribution in [0.3, 0.4) is 0 Å². The van der Waals surface area contributed by atoms with Crippen molar-refractivity contribution < 1.29 is 35.5 Å². The maximum Gasteiger partial charge on any atom is 0.295 e. The highest BCUT2D eigenvalue weighted by atomic mass is 32.2. The lowest BCUT2D eigenvalue weighted by molar-refractivity contribution is 0.103. The highest BCUT2D eigenvalue weighted by molar-refractivity contribution is 7.86. The fraction of sp³-hybridized carbons (Fsp3) is 0.0455. The summed E-state index contributed by atoms with van der Waals surface area (Å²) in [7, 11) is -7.97. The molecule has 1 heterocycles. The van der Waals surface area contributed by atoms with Gasteiger partial charge in [-0.2, -0.15) is 16.8 Å². The molecule has 35 heavy (non-hydrogen) atoms. The number of nitrogens with zero attached hydrogens (tertiary/aromatic N) is 2. The van der Waals surface area contributed by atoms with Gasteiger partial charge in [-0.25, -0.2) is 0 Å².